The van der Waals surface area contributed by atoms with Crippen LogP contribution in [0.25, 0.3) is 0 Å². The molecule has 1 aliphatic rings. The highest BCUT2D eigenvalue weighted by atomic mass is 32.1. The van der Waals surface area contributed by atoms with Gasteiger partial charge in [-0.3, -0.25) is 4.79 Å². The molecule has 0 aliphatic carbocycles. The van der Waals surface area contributed by atoms with Gasteiger partial charge in [-0.05, 0) is 41.1 Å². The monoisotopic (exact) mass is 252 g/mol. The average Bonchev–Trinajstić information content (AvgIpc) is 2.81. The Morgan fingerprint density at radius 3 is 3.12 bits per heavy atom. The molecule has 3 nitrogen and oxygen atoms in total. The largest absolute Gasteiger partial charge is 0.338 e. The smallest absolute Gasteiger partial charge is 0.227 e. The fourth-order valence-corrected chi connectivity index (χ4v) is 3.26. The SMILES string of the molecule is C[C@@H]1CCCN(C(=O)Cc2ccsc2)[C@H]1CN. The molecule has 0 unspecified atom stereocenters. The van der Waals surface area contributed by atoms with Crippen LogP contribution in [0.3, 0.4) is 0 Å². The molecule has 1 aliphatic heterocycles. The molecule has 2 N–H and O–H groups in total. The zero-order chi connectivity index (χ0) is 12.3. The number of amides is 1. The van der Waals surface area contributed by atoms with Crippen molar-refractivity contribution >= 4 is 17.2 Å². The van der Waals surface area contributed by atoms with Gasteiger partial charge in [-0.1, -0.05) is 6.92 Å². The number of hydrogen-bond acceptors (Lipinski definition) is 3. The van der Waals surface area contributed by atoms with Crippen LogP contribution in [0.4, 0.5) is 0 Å². The van der Waals surface area contributed by atoms with Gasteiger partial charge in [0.05, 0.1) is 6.42 Å². The van der Waals surface area contributed by atoms with E-state index in [9.17, 15) is 4.79 Å². The van der Waals surface area contributed by atoms with Gasteiger partial charge in [0, 0.05) is 19.1 Å². The maximum Gasteiger partial charge on any atom is 0.227 e. The second-order valence-corrected chi connectivity index (χ2v) is 5.60. The number of carbonyl (C=O) groups excluding carboxylic acids is 1. The molecule has 1 aromatic rings. The molecule has 2 atom stereocenters. The Bertz CT molecular complexity index is 364. The summed E-state index contributed by atoms with van der Waals surface area (Å²) in [5.74, 6) is 0.755. The van der Waals surface area contributed by atoms with Crippen LogP contribution < -0.4 is 5.73 Å². The van der Waals surface area contributed by atoms with Crippen LogP contribution in [0.1, 0.15) is 25.3 Å². The zero-order valence-electron chi connectivity index (χ0n) is 10.3. The third-order valence-corrected chi connectivity index (χ3v) is 4.35. The van der Waals surface area contributed by atoms with Crippen molar-refractivity contribution in [2.45, 2.75) is 32.2 Å². The van der Waals surface area contributed by atoms with Crippen molar-refractivity contribution in [1.29, 1.82) is 0 Å². The lowest BCUT2D eigenvalue weighted by molar-refractivity contribution is -0.135. The molecule has 0 saturated carbocycles. The second-order valence-electron chi connectivity index (χ2n) is 4.82. The van der Waals surface area contributed by atoms with Gasteiger partial charge in [0.25, 0.3) is 0 Å². The highest BCUT2D eigenvalue weighted by Crippen LogP contribution is 2.23. The van der Waals surface area contributed by atoms with E-state index in [-0.39, 0.29) is 11.9 Å². The molecule has 0 spiro atoms. The minimum absolute atomic E-state index is 0.227. The van der Waals surface area contributed by atoms with E-state index in [1.807, 2.05) is 21.7 Å². The van der Waals surface area contributed by atoms with Crippen molar-refractivity contribution in [3.8, 4) is 0 Å². The summed E-state index contributed by atoms with van der Waals surface area (Å²) in [6, 6.07) is 2.25. The summed E-state index contributed by atoms with van der Waals surface area (Å²) in [5.41, 5.74) is 6.92. The summed E-state index contributed by atoms with van der Waals surface area (Å²) >= 11 is 1.64. The van der Waals surface area contributed by atoms with Crippen molar-refractivity contribution in [3.63, 3.8) is 0 Å². The standard InChI is InChI=1S/C13H20N2OS/c1-10-3-2-5-15(12(10)8-14)13(16)7-11-4-6-17-9-11/h4,6,9-10,12H,2-3,5,7-8,14H2,1H3/t10-,12+/m1/s1. The van der Waals surface area contributed by atoms with E-state index < -0.39 is 0 Å². The molecule has 2 heterocycles. The van der Waals surface area contributed by atoms with Gasteiger partial charge in [-0.15, -0.1) is 0 Å². The molecule has 17 heavy (non-hydrogen) atoms. The van der Waals surface area contributed by atoms with E-state index in [4.69, 9.17) is 5.73 Å². The van der Waals surface area contributed by atoms with Crippen molar-refractivity contribution in [2.24, 2.45) is 11.7 Å². The van der Waals surface area contributed by atoms with Crippen molar-refractivity contribution in [2.75, 3.05) is 13.1 Å². The molecule has 94 valence electrons. The second kappa shape index (κ2) is 5.65. The van der Waals surface area contributed by atoms with Crippen LogP contribution in [0.2, 0.25) is 0 Å². The number of likely N-dealkylation sites (tertiary alicyclic amines) is 1. The third kappa shape index (κ3) is 2.87. The average molecular weight is 252 g/mol. The first kappa shape index (κ1) is 12.6. The third-order valence-electron chi connectivity index (χ3n) is 3.61. The van der Waals surface area contributed by atoms with E-state index in [0.717, 1.165) is 18.5 Å². The lowest BCUT2D eigenvalue weighted by Crippen LogP contribution is -2.51. The predicted molar refractivity (Wildman–Crippen MR) is 71.0 cm³/mol. The molecule has 1 amide bonds. The van der Waals surface area contributed by atoms with Crippen LogP contribution in [-0.2, 0) is 11.2 Å². The predicted octanol–water partition coefficient (Wildman–Crippen LogP) is 1.88. The van der Waals surface area contributed by atoms with Crippen LogP contribution in [0.15, 0.2) is 16.8 Å². The van der Waals surface area contributed by atoms with Gasteiger partial charge in [0.1, 0.15) is 0 Å². The molecule has 0 bridgehead atoms. The molecule has 4 heteroatoms. The maximum absolute atomic E-state index is 12.3. The Labute approximate surface area is 107 Å². The van der Waals surface area contributed by atoms with Crippen molar-refractivity contribution < 1.29 is 4.79 Å². The van der Waals surface area contributed by atoms with E-state index >= 15 is 0 Å². The summed E-state index contributed by atoms with van der Waals surface area (Å²) < 4.78 is 0. The lowest BCUT2D eigenvalue weighted by atomic mass is 9.90. The first-order chi connectivity index (χ1) is 8.22. The Balaban J connectivity index is 2.02. The number of hydrogen-bond donors (Lipinski definition) is 1. The zero-order valence-corrected chi connectivity index (χ0v) is 11.1. The number of nitrogens with two attached hydrogens (primary N) is 1. The molecule has 1 aromatic heterocycles. The van der Waals surface area contributed by atoms with E-state index in [1.165, 1.54) is 6.42 Å². The van der Waals surface area contributed by atoms with Crippen LogP contribution in [0, 0.1) is 5.92 Å². The molecule has 2 rings (SSSR count). The fraction of sp³-hybridized carbons (Fsp3) is 0.615. The van der Waals surface area contributed by atoms with E-state index in [1.54, 1.807) is 11.3 Å². The topological polar surface area (TPSA) is 46.3 Å². The molecule has 0 radical (unpaired) electrons. The Morgan fingerprint density at radius 1 is 1.65 bits per heavy atom. The van der Waals surface area contributed by atoms with Crippen LogP contribution in [-0.4, -0.2) is 29.9 Å². The maximum atomic E-state index is 12.3. The number of carbonyl (C=O) groups is 1. The summed E-state index contributed by atoms with van der Waals surface area (Å²) in [5, 5.41) is 4.06. The van der Waals surface area contributed by atoms with Crippen LogP contribution in [0.5, 0.6) is 0 Å². The summed E-state index contributed by atoms with van der Waals surface area (Å²) in [4.78, 5) is 14.2. The minimum atomic E-state index is 0.227. The molecule has 0 aromatic carbocycles. The van der Waals surface area contributed by atoms with Crippen molar-refractivity contribution in [3.05, 3.63) is 22.4 Å². The van der Waals surface area contributed by atoms with Gasteiger partial charge in [-0.25, -0.2) is 0 Å². The Kier molecular flexibility index (Phi) is 4.18. The number of piperidine rings is 1. The summed E-state index contributed by atoms with van der Waals surface area (Å²) in [6.07, 6.45) is 2.81. The van der Waals surface area contributed by atoms with Gasteiger partial charge in [0.15, 0.2) is 0 Å². The lowest BCUT2D eigenvalue weighted by Gasteiger charge is -2.39. The number of rotatable bonds is 3. The Hall–Kier alpha value is -0.870. The van der Waals surface area contributed by atoms with Gasteiger partial charge < -0.3 is 10.6 Å². The van der Waals surface area contributed by atoms with Gasteiger partial charge >= 0.3 is 0 Å². The normalized spacial score (nSPS) is 24.9. The highest BCUT2D eigenvalue weighted by Gasteiger charge is 2.30. The molecular formula is C13H20N2OS. The summed E-state index contributed by atoms with van der Waals surface area (Å²) in [6.45, 7) is 3.65. The van der Waals surface area contributed by atoms with E-state index in [0.29, 0.717) is 18.9 Å². The quantitative estimate of drug-likeness (QED) is 0.892. The fourth-order valence-electron chi connectivity index (χ4n) is 2.59. The first-order valence-corrected chi connectivity index (χ1v) is 7.17. The minimum Gasteiger partial charge on any atom is -0.338 e. The number of nitrogens with zero attached hydrogens (tertiary/aromatic N) is 1. The Morgan fingerprint density at radius 2 is 2.47 bits per heavy atom. The van der Waals surface area contributed by atoms with E-state index in [2.05, 4.69) is 6.92 Å². The van der Waals surface area contributed by atoms with Crippen LogP contribution >= 0.6 is 11.3 Å². The molecule has 1 fully saturated rings. The molecule has 1 saturated heterocycles. The summed E-state index contributed by atoms with van der Waals surface area (Å²) in [7, 11) is 0. The van der Waals surface area contributed by atoms with Gasteiger partial charge in [0.2, 0.25) is 5.91 Å². The number of thiophene rings is 1. The molecular weight excluding hydrogens is 232 g/mol. The van der Waals surface area contributed by atoms with Crippen molar-refractivity contribution in [1.82, 2.24) is 4.90 Å². The van der Waals surface area contributed by atoms with Gasteiger partial charge in [-0.2, -0.15) is 11.3 Å². The first-order valence-electron chi connectivity index (χ1n) is 6.23. The highest BCUT2D eigenvalue weighted by molar-refractivity contribution is 7.07.